The number of hydrogen-bond donors (Lipinski definition) is 2. The van der Waals surface area contributed by atoms with E-state index in [-0.39, 0.29) is 5.69 Å². The van der Waals surface area contributed by atoms with Gasteiger partial charge in [0.25, 0.3) is 5.91 Å². The summed E-state index contributed by atoms with van der Waals surface area (Å²) in [7, 11) is 0. The highest BCUT2D eigenvalue weighted by Crippen LogP contribution is 2.13. The van der Waals surface area contributed by atoms with Crippen LogP contribution in [0.4, 0.5) is 0 Å². The number of carbonyl (C=O) groups excluding carboxylic acids is 1. The molecule has 1 fully saturated rings. The van der Waals surface area contributed by atoms with Crippen molar-refractivity contribution in [2.45, 2.75) is 38.8 Å². The SMILES string of the molecule is CCCOC1CCCN(CCn2cc(C(=O)NN)nn2)C1. The maximum absolute atomic E-state index is 11.3. The van der Waals surface area contributed by atoms with E-state index in [0.29, 0.717) is 12.6 Å². The standard InChI is InChI=1S/C13H24N6O2/c1-2-8-21-11-4-3-5-18(9-11)6-7-19-10-12(16-17-19)13(20)15-14/h10-11H,2-9,14H2,1H3,(H,15,20). The van der Waals surface area contributed by atoms with Gasteiger partial charge >= 0.3 is 0 Å². The van der Waals surface area contributed by atoms with E-state index in [2.05, 4.69) is 22.1 Å². The quantitative estimate of drug-likeness (QED) is 0.410. The van der Waals surface area contributed by atoms with E-state index in [1.165, 1.54) is 0 Å². The zero-order chi connectivity index (χ0) is 15.1. The molecule has 1 saturated heterocycles. The van der Waals surface area contributed by atoms with Crippen molar-refractivity contribution in [3.63, 3.8) is 0 Å². The molecular formula is C13H24N6O2. The number of hydrazine groups is 1. The van der Waals surface area contributed by atoms with E-state index < -0.39 is 5.91 Å². The van der Waals surface area contributed by atoms with Crippen LogP contribution in [0, 0.1) is 0 Å². The first-order valence-electron chi connectivity index (χ1n) is 7.48. The van der Waals surface area contributed by atoms with Gasteiger partial charge in [-0.15, -0.1) is 5.10 Å². The van der Waals surface area contributed by atoms with Crippen molar-refractivity contribution in [3.8, 4) is 0 Å². The second-order valence-corrected chi connectivity index (χ2v) is 5.28. The first kappa shape index (κ1) is 15.9. The Kier molecular flexibility index (Phi) is 6.09. The van der Waals surface area contributed by atoms with Gasteiger partial charge in [0.15, 0.2) is 5.69 Å². The summed E-state index contributed by atoms with van der Waals surface area (Å²) in [6.45, 7) is 6.57. The van der Waals surface area contributed by atoms with Gasteiger partial charge in [-0.25, -0.2) is 5.84 Å². The number of nitrogens with one attached hydrogen (secondary N) is 1. The van der Waals surface area contributed by atoms with Gasteiger partial charge in [-0.3, -0.25) is 19.8 Å². The van der Waals surface area contributed by atoms with Crippen molar-refractivity contribution in [1.29, 1.82) is 0 Å². The van der Waals surface area contributed by atoms with E-state index in [1.54, 1.807) is 10.9 Å². The Bertz CT molecular complexity index is 450. The fourth-order valence-corrected chi connectivity index (χ4v) is 2.47. The molecule has 1 aliphatic heterocycles. The number of hydrogen-bond acceptors (Lipinski definition) is 6. The van der Waals surface area contributed by atoms with Crippen molar-refractivity contribution < 1.29 is 9.53 Å². The predicted molar refractivity (Wildman–Crippen MR) is 77.4 cm³/mol. The number of nitrogens with two attached hydrogens (primary N) is 1. The third-order valence-electron chi connectivity index (χ3n) is 3.57. The van der Waals surface area contributed by atoms with Crippen molar-refractivity contribution in [3.05, 3.63) is 11.9 Å². The minimum Gasteiger partial charge on any atom is -0.377 e. The molecule has 8 heteroatoms. The highest BCUT2D eigenvalue weighted by Gasteiger charge is 2.20. The average molecular weight is 296 g/mol. The van der Waals surface area contributed by atoms with Gasteiger partial charge in [0.05, 0.1) is 18.8 Å². The minimum atomic E-state index is -0.424. The van der Waals surface area contributed by atoms with Gasteiger partial charge in [0.2, 0.25) is 0 Å². The Balaban J connectivity index is 1.77. The van der Waals surface area contributed by atoms with Crippen LogP contribution >= 0.6 is 0 Å². The topological polar surface area (TPSA) is 98.3 Å². The molecule has 0 radical (unpaired) electrons. The Labute approximate surface area is 124 Å². The number of aromatic nitrogens is 3. The van der Waals surface area contributed by atoms with Gasteiger partial charge in [-0.05, 0) is 25.8 Å². The van der Waals surface area contributed by atoms with Gasteiger partial charge in [-0.2, -0.15) is 0 Å². The lowest BCUT2D eigenvalue weighted by molar-refractivity contribution is -0.001000. The molecule has 1 amide bonds. The highest BCUT2D eigenvalue weighted by molar-refractivity contribution is 5.91. The summed E-state index contributed by atoms with van der Waals surface area (Å²) in [5.41, 5.74) is 2.28. The second kappa shape index (κ2) is 8.06. The number of likely N-dealkylation sites (tertiary alicyclic amines) is 1. The van der Waals surface area contributed by atoms with E-state index >= 15 is 0 Å². The minimum absolute atomic E-state index is 0.236. The van der Waals surface area contributed by atoms with Crippen molar-refractivity contribution in [1.82, 2.24) is 25.3 Å². The van der Waals surface area contributed by atoms with Crippen molar-refractivity contribution >= 4 is 5.91 Å². The maximum atomic E-state index is 11.3. The molecule has 0 spiro atoms. The molecule has 3 N–H and O–H groups in total. The lowest BCUT2D eigenvalue weighted by Crippen LogP contribution is -2.41. The predicted octanol–water partition coefficient (Wildman–Crippen LogP) is -0.227. The second-order valence-electron chi connectivity index (χ2n) is 5.28. The van der Waals surface area contributed by atoms with Crippen molar-refractivity contribution in [2.75, 3.05) is 26.2 Å². The molecule has 1 atom stereocenters. The molecule has 1 aliphatic rings. The van der Waals surface area contributed by atoms with Crippen LogP contribution in [-0.4, -0.2) is 58.1 Å². The lowest BCUT2D eigenvalue weighted by Gasteiger charge is -2.32. The molecule has 0 aliphatic carbocycles. The largest absolute Gasteiger partial charge is 0.377 e. The van der Waals surface area contributed by atoms with Crippen molar-refractivity contribution in [2.24, 2.45) is 5.84 Å². The number of carbonyl (C=O) groups is 1. The Morgan fingerprint density at radius 2 is 2.43 bits per heavy atom. The molecule has 118 valence electrons. The molecule has 0 bridgehead atoms. The van der Waals surface area contributed by atoms with E-state index in [9.17, 15) is 4.79 Å². The summed E-state index contributed by atoms with van der Waals surface area (Å²) in [5, 5.41) is 7.71. The molecule has 0 saturated carbocycles. The summed E-state index contributed by atoms with van der Waals surface area (Å²) in [5.74, 6) is 4.64. The fraction of sp³-hybridized carbons (Fsp3) is 0.769. The molecule has 1 aromatic rings. The molecule has 1 unspecified atom stereocenters. The van der Waals surface area contributed by atoms with Gasteiger partial charge in [0, 0.05) is 19.7 Å². The maximum Gasteiger partial charge on any atom is 0.287 e. The average Bonchev–Trinajstić information content (AvgIpc) is 2.99. The summed E-state index contributed by atoms with van der Waals surface area (Å²) in [6, 6.07) is 0. The third kappa shape index (κ3) is 4.76. The first-order valence-corrected chi connectivity index (χ1v) is 7.48. The van der Waals surface area contributed by atoms with Crippen LogP contribution in [0.15, 0.2) is 6.20 Å². The van der Waals surface area contributed by atoms with Gasteiger partial charge in [0.1, 0.15) is 0 Å². The van der Waals surface area contributed by atoms with Gasteiger partial charge in [-0.1, -0.05) is 12.1 Å². The number of rotatable bonds is 7. The third-order valence-corrected chi connectivity index (χ3v) is 3.57. The molecule has 0 aromatic carbocycles. The van der Waals surface area contributed by atoms with Crippen LogP contribution in [0.1, 0.15) is 36.7 Å². The summed E-state index contributed by atoms with van der Waals surface area (Å²) in [4.78, 5) is 13.7. The summed E-state index contributed by atoms with van der Waals surface area (Å²) < 4.78 is 7.49. The number of nitrogen functional groups attached to an aromatic ring is 1. The van der Waals surface area contributed by atoms with Crippen LogP contribution < -0.4 is 11.3 Å². The van der Waals surface area contributed by atoms with E-state index in [4.69, 9.17) is 10.6 Å². The molecule has 8 nitrogen and oxygen atoms in total. The van der Waals surface area contributed by atoms with E-state index in [0.717, 1.165) is 45.5 Å². The summed E-state index contributed by atoms with van der Waals surface area (Å²) in [6.07, 6.45) is 5.30. The lowest BCUT2D eigenvalue weighted by atomic mass is 10.1. The number of ether oxygens (including phenoxy) is 1. The number of nitrogens with zero attached hydrogens (tertiary/aromatic N) is 4. The molecule has 21 heavy (non-hydrogen) atoms. The monoisotopic (exact) mass is 296 g/mol. The van der Waals surface area contributed by atoms with Crippen LogP contribution in [0.25, 0.3) is 0 Å². The highest BCUT2D eigenvalue weighted by atomic mass is 16.5. The molecule has 1 aromatic heterocycles. The zero-order valence-electron chi connectivity index (χ0n) is 12.5. The van der Waals surface area contributed by atoms with Crippen LogP contribution in [0.3, 0.4) is 0 Å². The smallest absolute Gasteiger partial charge is 0.287 e. The number of amides is 1. The fourth-order valence-electron chi connectivity index (χ4n) is 2.47. The molecule has 2 heterocycles. The van der Waals surface area contributed by atoms with E-state index in [1.807, 2.05) is 5.43 Å². The van der Waals surface area contributed by atoms with Crippen LogP contribution in [0.5, 0.6) is 0 Å². The van der Waals surface area contributed by atoms with Gasteiger partial charge < -0.3 is 4.74 Å². The summed E-state index contributed by atoms with van der Waals surface area (Å²) >= 11 is 0. The Morgan fingerprint density at radius 1 is 1.57 bits per heavy atom. The molecule has 2 rings (SSSR count). The number of piperidine rings is 1. The Morgan fingerprint density at radius 3 is 3.19 bits per heavy atom. The molecular weight excluding hydrogens is 272 g/mol. The Hall–Kier alpha value is -1.51. The van der Waals surface area contributed by atoms with Crippen LogP contribution in [0.2, 0.25) is 0 Å². The normalized spacial score (nSPS) is 19.6. The first-order chi connectivity index (χ1) is 10.2. The zero-order valence-corrected chi connectivity index (χ0v) is 12.5. The van der Waals surface area contributed by atoms with Crippen LogP contribution in [-0.2, 0) is 11.3 Å².